The monoisotopic (exact) mass is 501 g/mol. The second kappa shape index (κ2) is 7.52. The lowest BCUT2D eigenvalue weighted by molar-refractivity contribution is 0.669. The standard InChI is InChI=1S/C33H19N5O/c1-2-8-20(9-3-1)37-24-11-6-16-34-30(24)32-26(37)19-27-33(36-32)31-25(12-7-17-35-31)38(27)21-14-15-29-23(18-21)22-10-4-5-13-28(22)39-29/h1-19H. The number of aromatic nitrogens is 5. The van der Waals surface area contributed by atoms with Crippen LogP contribution in [0.1, 0.15) is 0 Å². The van der Waals surface area contributed by atoms with Crippen molar-refractivity contribution < 1.29 is 4.42 Å². The molecule has 6 nitrogen and oxygen atoms in total. The van der Waals surface area contributed by atoms with Crippen LogP contribution >= 0.6 is 0 Å². The first-order chi connectivity index (χ1) is 19.3. The van der Waals surface area contributed by atoms with Crippen molar-refractivity contribution in [3.63, 3.8) is 0 Å². The van der Waals surface area contributed by atoms with Crippen LogP contribution in [-0.2, 0) is 0 Å². The van der Waals surface area contributed by atoms with Gasteiger partial charge in [0, 0.05) is 34.5 Å². The normalized spacial score (nSPS) is 12.1. The summed E-state index contributed by atoms with van der Waals surface area (Å²) in [6.45, 7) is 0. The van der Waals surface area contributed by atoms with Gasteiger partial charge in [0.05, 0.1) is 22.1 Å². The summed E-state index contributed by atoms with van der Waals surface area (Å²) < 4.78 is 10.6. The molecule has 9 rings (SSSR count). The Morgan fingerprint density at radius 3 is 1.85 bits per heavy atom. The first kappa shape index (κ1) is 20.6. The van der Waals surface area contributed by atoms with Crippen molar-refractivity contribution in [3.8, 4) is 11.4 Å². The van der Waals surface area contributed by atoms with Crippen molar-refractivity contribution in [1.82, 2.24) is 24.1 Å². The Morgan fingerprint density at radius 2 is 1.10 bits per heavy atom. The van der Waals surface area contributed by atoms with Gasteiger partial charge in [0.25, 0.3) is 0 Å². The van der Waals surface area contributed by atoms with Crippen LogP contribution in [0.2, 0.25) is 0 Å². The van der Waals surface area contributed by atoms with E-state index < -0.39 is 0 Å². The Kier molecular flexibility index (Phi) is 3.96. The highest BCUT2D eigenvalue weighted by Crippen LogP contribution is 2.37. The fraction of sp³-hybridized carbons (Fsp3) is 0. The van der Waals surface area contributed by atoms with E-state index in [9.17, 15) is 0 Å². The highest BCUT2D eigenvalue weighted by Gasteiger charge is 2.21. The van der Waals surface area contributed by atoms with Gasteiger partial charge in [-0.3, -0.25) is 9.97 Å². The molecular weight excluding hydrogens is 482 g/mol. The van der Waals surface area contributed by atoms with Crippen LogP contribution in [0.5, 0.6) is 0 Å². The summed E-state index contributed by atoms with van der Waals surface area (Å²) in [6, 6.07) is 35.3. The molecule has 182 valence electrons. The number of benzene rings is 3. The summed E-state index contributed by atoms with van der Waals surface area (Å²) >= 11 is 0. The van der Waals surface area contributed by atoms with Gasteiger partial charge in [0.2, 0.25) is 0 Å². The van der Waals surface area contributed by atoms with E-state index >= 15 is 0 Å². The third kappa shape index (κ3) is 2.77. The number of para-hydroxylation sites is 2. The van der Waals surface area contributed by atoms with E-state index in [1.54, 1.807) is 0 Å². The first-order valence-electron chi connectivity index (χ1n) is 12.9. The van der Waals surface area contributed by atoms with Gasteiger partial charge >= 0.3 is 0 Å². The van der Waals surface area contributed by atoms with E-state index in [-0.39, 0.29) is 0 Å². The lowest BCUT2D eigenvalue weighted by atomic mass is 10.1. The molecule has 0 radical (unpaired) electrons. The van der Waals surface area contributed by atoms with Crippen molar-refractivity contribution in [1.29, 1.82) is 0 Å². The Morgan fingerprint density at radius 1 is 0.462 bits per heavy atom. The minimum Gasteiger partial charge on any atom is -0.456 e. The Balaban J connectivity index is 1.44. The maximum atomic E-state index is 6.11. The highest BCUT2D eigenvalue weighted by molar-refractivity contribution is 6.13. The molecular formula is C33H19N5O. The van der Waals surface area contributed by atoms with E-state index in [1.165, 1.54) is 0 Å². The van der Waals surface area contributed by atoms with Crippen LogP contribution in [0, 0.1) is 0 Å². The van der Waals surface area contributed by atoms with Gasteiger partial charge in [-0.05, 0) is 66.7 Å². The number of fused-ring (bicyclic) bond motifs is 9. The third-order valence-electron chi connectivity index (χ3n) is 7.60. The Bertz CT molecular complexity index is 2400. The molecule has 0 unspecified atom stereocenters. The molecule has 0 aliphatic rings. The summed E-state index contributed by atoms with van der Waals surface area (Å²) in [5, 5.41) is 2.18. The molecule has 0 aliphatic carbocycles. The quantitative estimate of drug-likeness (QED) is 0.241. The first-order valence-corrected chi connectivity index (χ1v) is 12.9. The number of hydrogen-bond acceptors (Lipinski definition) is 4. The number of hydrogen-bond donors (Lipinski definition) is 0. The SMILES string of the molecule is c1ccc(-n2c3cccnc3c3nc4c5ncccc5n(-c5ccc6oc7ccccc7c6c5)c4cc32)cc1. The molecule has 0 spiro atoms. The summed E-state index contributed by atoms with van der Waals surface area (Å²) in [4.78, 5) is 14.8. The van der Waals surface area contributed by atoms with Crippen molar-refractivity contribution in [2.75, 3.05) is 0 Å². The average Bonchev–Trinajstić information content (AvgIpc) is 3.63. The number of rotatable bonds is 2. The molecule has 0 fully saturated rings. The number of furan rings is 1. The van der Waals surface area contributed by atoms with Gasteiger partial charge in [0.15, 0.2) is 0 Å². The molecule has 6 heterocycles. The Hall–Kier alpha value is -5.49. The molecule has 0 bridgehead atoms. The molecule has 0 N–H and O–H groups in total. The number of nitrogens with zero attached hydrogens (tertiary/aromatic N) is 5. The van der Waals surface area contributed by atoms with Gasteiger partial charge in [-0.2, -0.15) is 0 Å². The highest BCUT2D eigenvalue weighted by atomic mass is 16.3. The molecule has 39 heavy (non-hydrogen) atoms. The molecule has 3 aromatic carbocycles. The molecule has 6 heteroatoms. The van der Waals surface area contributed by atoms with Crippen molar-refractivity contribution >= 4 is 66.1 Å². The lowest BCUT2D eigenvalue weighted by Gasteiger charge is -2.09. The van der Waals surface area contributed by atoms with E-state index in [0.29, 0.717) is 0 Å². The summed E-state index contributed by atoms with van der Waals surface area (Å²) in [7, 11) is 0. The molecule has 0 atom stereocenters. The van der Waals surface area contributed by atoms with Crippen LogP contribution in [0.3, 0.4) is 0 Å². The van der Waals surface area contributed by atoms with Gasteiger partial charge in [-0.25, -0.2) is 4.98 Å². The molecule has 0 saturated heterocycles. The molecule has 0 amide bonds. The molecule has 0 saturated carbocycles. The van der Waals surface area contributed by atoms with Crippen LogP contribution in [0.4, 0.5) is 0 Å². The average molecular weight is 502 g/mol. The maximum Gasteiger partial charge on any atom is 0.135 e. The zero-order valence-corrected chi connectivity index (χ0v) is 20.6. The van der Waals surface area contributed by atoms with Crippen molar-refractivity contribution in [3.05, 3.63) is 116 Å². The van der Waals surface area contributed by atoms with E-state index in [2.05, 4.69) is 75.9 Å². The van der Waals surface area contributed by atoms with Gasteiger partial charge in [-0.15, -0.1) is 0 Å². The van der Waals surface area contributed by atoms with Gasteiger partial charge in [-0.1, -0.05) is 36.4 Å². The predicted molar refractivity (Wildman–Crippen MR) is 156 cm³/mol. The second-order valence-electron chi connectivity index (χ2n) is 9.75. The van der Waals surface area contributed by atoms with Gasteiger partial charge < -0.3 is 13.6 Å². The Labute approximate surface area is 221 Å². The van der Waals surface area contributed by atoms with Gasteiger partial charge in [0.1, 0.15) is 33.2 Å². The molecule has 0 aliphatic heterocycles. The predicted octanol–water partition coefficient (Wildman–Crippen LogP) is 7.97. The van der Waals surface area contributed by atoms with Crippen LogP contribution in [-0.4, -0.2) is 24.1 Å². The second-order valence-corrected chi connectivity index (χ2v) is 9.75. The largest absolute Gasteiger partial charge is 0.456 e. The van der Waals surface area contributed by atoms with E-state index in [1.807, 2.05) is 48.8 Å². The van der Waals surface area contributed by atoms with E-state index in [0.717, 1.165) is 77.4 Å². The fourth-order valence-corrected chi connectivity index (χ4v) is 5.95. The van der Waals surface area contributed by atoms with Crippen molar-refractivity contribution in [2.24, 2.45) is 0 Å². The zero-order chi connectivity index (χ0) is 25.5. The van der Waals surface area contributed by atoms with Crippen molar-refractivity contribution in [2.45, 2.75) is 0 Å². The minimum absolute atomic E-state index is 0.855. The summed E-state index contributed by atoms with van der Waals surface area (Å²) in [5.41, 5.74) is 11.3. The smallest absolute Gasteiger partial charge is 0.135 e. The topological polar surface area (TPSA) is 61.7 Å². The lowest BCUT2D eigenvalue weighted by Crippen LogP contribution is -1.96. The maximum absolute atomic E-state index is 6.11. The van der Waals surface area contributed by atoms with Crippen LogP contribution < -0.4 is 0 Å². The third-order valence-corrected chi connectivity index (χ3v) is 7.60. The zero-order valence-electron chi connectivity index (χ0n) is 20.6. The summed E-state index contributed by atoms with van der Waals surface area (Å²) in [6.07, 6.45) is 3.66. The fourth-order valence-electron chi connectivity index (χ4n) is 5.95. The van der Waals surface area contributed by atoms with Crippen LogP contribution in [0.15, 0.2) is 120 Å². The number of pyridine rings is 3. The molecule has 6 aromatic heterocycles. The summed E-state index contributed by atoms with van der Waals surface area (Å²) in [5.74, 6) is 0. The minimum atomic E-state index is 0.855. The molecule has 9 aromatic rings. The van der Waals surface area contributed by atoms with E-state index in [4.69, 9.17) is 19.4 Å². The van der Waals surface area contributed by atoms with Crippen LogP contribution in [0.25, 0.3) is 77.4 Å².